The number of likely N-dealkylation sites (tertiary alicyclic amines) is 1. The molecule has 28 heavy (non-hydrogen) atoms. The van der Waals surface area contributed by atoms with Crippen molar-refractivity contribution in [2.24, 2.45) is 10.9 Å². The molecule has 1 atom stereocenters. The highest BCUT2D eigenvalue weighted by Gasteiger charge is 2.32. The number of alkyl halides is 3. The second-order valence-corrected chi connectivity index (χ2v) is 7.31. The first-order valence-electron chi connectivity index (χ1n) is 9.66. The van der Waals surface area contributed by atoms with Gasteiger partial charge in [-0.3, -0.25) is 9.89 Å². The Morgan fingerprint density at radius 2 is 1.82 bits per heavy atom. The van der Waals surface area contributed by atoms with Crippen LogP contribution < -0.4 is 10.6 Å². The number of guanidine groups is 1. The highest BCUT2D eigenvalue weighted by molar-refractivity contribution is 14.0. The van der Waals surface area contributed by atoms with E-state index in [1.54, 1.807) is 7.05 Å². The van der Waals surface area contributed by atoms with Gasteiger partial charge in [-0.2, -0.15) is 13.2 Å². The predicted molar refractivity (Wildman–Crippen MR) is 119 cm³/mol. The van der Waals surface area contributed by atoms with E-state index >= 15 is 0 Å². The zero-order valence-electron chi connectivity index (χ0n) is 16.6. The predicted octanol–water partition coefficient (Wildman–Crippen LogP) is 4.24. The second-order valence-electron chi connectivity index (χ2n) is 7.31. The zero-order chi connectivity index (χ0) is 19.7. The molecule has 1 aromatic carbocycles. The van der Waals surface area contributed by atoms with Gasteiger partial charge in [0.2, 0.25) is 0 Å². The third-order valence-corrected chi connectivity index (χ3v) is 5.12. The molecule has 1 aromatic rings. The number of halogens is 4. The molecule has 0 amide bonds. The fourth-order valence-corrected chi connectivity index (χ4v) is 3.45. The number of nitrogens with one attached hydrogen (secondary N) is 2. The number of piperidine rings is 1. The third kappa shape index (κ3) is 9.45. The summed E-state index contributed by atoms with van der Waals surface area (Å²) in [6, 6.07) is 10.3. The van der Waals surface area contributed by atoms with E-state index in [9.17, 15) is 13.2 Å². The molecule has 1 heterocycles. The average Bonchev–Trinajstić information content (AvgIpc) is 2.65. The molecule has 1 aliphatic heterocycles. The van der Waals surface area contributed by atoms with E-state index in [1.807, 2.05) is 18.2 Å². The Kier molecular flexibility index (Phi) is 11.2. The van der Waals surface area contributed by atoms with Crippen LogP contribution in [-0.2, 0) is 0 Å². The second kappa shape index (κ2) is 12.5. The molecule has 2 rings (SSSR count). The molecule has 0 spiro atoms. The van der Waals surface area contributed by atoms with Crippen LogP contribution in [0.25, 0.3) is 0 Å². The number of hydrogen-bond donors (Lipinski definition) is 2. The van der Waals surface area contributed by atoms with Gasteiger partial charge < -0.3 is 10.6 Å². The van der Waals surface area contributed by atoms with Gasteiger partial charge in [-0.05, 0) is 49.8 Å². The minimum atomic E-state index is -4.09. The van der Waals surface area contributed by atoms with Gasteiger partial charge in [0.25, 0.3) is 0 Å². The molecule has 1 fully saturated rings. The highest BCUT2D eigenvalue weighted by atomic mass is 127. The van der Waals surface area contributed by atoms with Gasteiger partial charge in [0, 0.05) is 20.1 Å². The number of rotatable bonds is 7. The molecule has 2 N–H and O–H groups in total. The van der Waals surface area contributed by atoms with Crippen LogP contribution >= 0.6 is 24.0 Å². The van der Waals surface area contributed by atoms with Crippen LogP contribution in [0.5, 0.6) is 0 Å². The van der Waals surface area contributed by atoms with E-state index in [1.165, 1.54) is 10.5 Å². The Morgan fingerprint density at radius 1 is 1.18 bits per heavy atom. The zero-order valence-corrected chi connectivity index (χ0v) is 19.0. The van der Waals surface area contributed by atoms with Crippen molar-refractivity contribution in [3.63, 3.8) is 0 Å². The van der Waals surface area contributed by atoms with Crippen molar-refractivity contribution in [3.8, 4) is 0 Å². The van der Waals surface area contributed by atoms with Crippen molar-refractivity contribution >= 4 is 29.9 Å². The lowest BCUT2D eigenvalue weighted by atomic mass is 9.93. The first-order chi connectivity index (χ1) is 12.9. The van der Waals surface area contributed by atoms with E-state index in [0.717, 1.165) is 38.3 Å². The summed E-state index contributed by atoms with van der Waals surface area (Å²) in [5, 5.41) is 6.66. The van der Waals surface area contributed by atoms with Gasteiger partial charge in [-0.1, -0.05) is 37.3 Å². The molecule has 0 aromatic heterocycles. The maximum atomic E-state index is 12.4. The quantitative estimate of drug-likeness (QED) is 0.326. The summed E-state index contributed by atoms with van der Waals surface area (Å²) >= 11 is 0. The average molecular weight is 512 g/mol. The maximum Gasteiger partial charge on any atom is 0.401 e. The Balaban J connectivity index is 0.00000392. The summed E-state index contributed by atoms with van der Waals surface area (Å²) in [6.07, 6.45) is -1.48. The molecular weight excluding hydrogens is 480 g/mol. The monoisotopic (exact) mass is 512 g/mol. The van der Waals surface area contributed by atoms with Gasteiger partial charge in [-0.25, -0.2) is 0 Å². The fourth-order valence-electron chi connectivity index (χ4n) is 3.45. The Bertz CT molecular complexity index is 573. The topological polar surface area (TPSA) is 39.7 Å². The maximum absolute atomic E-state index is 12.4. The van der Waals surface area contributed by atoms with Crippen LogP contribution in [0.1, 0.15) is 37.7 Å². The first kappa shape index (κ1) is 25.0. The SMILES string of the molecule is CN=C(NCCC1CCN(CC(F)(F)F)CC1)NCC(C)c1ccccc1.I. The smallest absolute Gasteiger partial charge is 0.356 e. The minimum Gasteiger partial charge on any atom is -0.356 e. The van der Waals surface area contributed by atoms with Crippen LogP contribution in [-0.4, -0.2) is 56.8 Å². The largest absolute Gasteiger partial charge is 0.401 e. The van der Waals surface area contributed by atoms with Gasteiger partial charge in [0.1, 0.15) is 0 Å². The number of hydrogen-bond acceptors (Lipinski definition) is 2. The first-order valence-corrected chi connectivity index (χ1v) is 9.66. The Labute approximate surface area is 183 Å². The molecule has 0 aliphatic carbocycles. The minimum absolute atomic E-state index is 0. The summed E-state index contributed by atoms with van der Waals surface area (Å²) in [7, 11) is 1.75. The fraction of sp³-hybridized carbons (Fsp3) is 0.650. The van der Waals surface area contributed by atoms with Crippen molar-refractivity contribution in [1.82, 2.24) is 15.5 Å². The molecule has 8 heteroatoms. The molecule has 1 aliphatic rings. The molecule has 1 unspecified atom stereocenters. The van der Waals surface area contributed by atoms with E-state index in [4.69, 9.17) is 0 Å². The van der Waals surface area contributed by atoms with Crippen LogP contribution in [0.4, 0.5) is 13.2 Å². The molecule has 0 bridgehead atoms. The van der Waals surface area contributed by atoms with E-state index in [2.05, 4.69) is 34.7 Å². The van der Waals surface area contributed by atoms with Crippen LogP contribution in [0, 0.1) is 5.92 Å². The van der Waals surface area contributed by atoms with Crippen LogP contribution in [0.2, 0.25) is 0 Å². The van der Waals surface area contributed by atoms with Gasteiger partial charge >= 0.3 is 6.18 Å². The third-order valence-electron chi connectivity index (χ3n) is 5.12. The molecule has 160 valence electrons. The van der Waals surface area contributed by atoms with Crippen molar-refractivity contribution in [2.45, 2.75) is 38.3 Å². The summed E-state index contributed by atoms with van der Waals surface area (Å²) < 4.78 is 37.3. The van der Waals surface area contributed by atoms with Crippen molar-refractivity contribution in [3.05, 3.63) is 35.9 Å². The highest BCUT2D eigenvalue weighted by Crippen LogP contribution is 2.24. The lowest BCUT2D eigenvalue weighted by molar-refractivity contribution is -0.148. The van der Waals surface area contributed by atoms with Crippen molar-refractivity contribution < 1.29 is 13.2 Å². The summed E-state index contributed by atoms with van der Waals surface area (Å²) in [4.78, 5) is 5.76. The van der Waals surface area contributed by atoms with Gasteiger partial charge in [0.15, 0.2) is 5.96 Å². The molecule has 4 nitrogen and oxygen atoms in total. The normalized spacial score (nSPS) is 17.7. The lowest BCUT2D eigenvalue weighted by Crippen LogP contribution is -2.42. The molecule has 1 saturated heterocycles. The van der Waals surface area contributed by atoms with E-state index < -0.39 is 12.7 Å². The molecular formula is C20H32F3IN4. The van der Waals surface area contributed by atoms with Gasteiger partial charge in [0.05, 0.1) is 6.54 Å². The number of aliphatic imine (C=N–C) groups is 1. The Hall–Kier alpha value is -1.03. The van der Waals surface area contributed by atoms with Crippen molar-refractivity contribution in [2.75, 3.05) is 39.8 Å². The lowest BCUT2D eigenvalue weighted by Gasteiger charge is -2.32. The summed E-state index contributed by atoms with van der Waals surface area (Å²) in [5.74, 6) is 1.62. The van der Waals surface area contributed by atoms with E-state index in [0.29, 0.717) is 24.9 Å². The number of benzene rings is 1. The Morgan fingerprint density at radius 3 is 2.39 bits per heavy atom. The summed E-state index contributed by atoms with van der Waals surface area (Å²) in [6.45, 7) is 4.03. The van der Waals surface area contributed by atoms with Crippen LogP contribution in [0.3, 0.4) is 0 Å². The van der Waals surface area contributed by atoms with Crippen LogP contribution in [0.15, 0.2) is 35.3 Å². The molecule has 0 radical (unpaired) electrons. The van der Waals surface area contributed by atoms with E-state index in [-0.39, 0.29) is 24.0 Å². The standard InChI is InChI=1S/C20H31F3N4.HI/c1-16(18-6-4-3-5-7-18)14-26-19(24-2)25-11-8-17-9-12-27(13-10-17)15-20(21,22)23;/h3-7,16-17H,8-15H2,1-2H3,(H2,24,25,26);1H. The van der Waals surface area contributed by atoms with Crippen molar-refractivity contribution in [1.29, 1.82) is 0 Å². The molecule has 0 saturated carbocycles. The number of nitrogens with zero attached hydrogens (tertiary/aromatic N) is 2. The van der Waals surface area contributed by atoms with Gasteiger partial charge in [-0.15, -0.1) is 24.0 Å². The summed E-state index contributed by atoms with van der Waals surface area (Å²) in [5.41, 5.74) is 1.28.